The summed E-state index contributed by atoms with van der Waals surface area (Å²) >= 11 is 6.05. The fourth-order valence-corrected chi connectivity index (χ4v) is 4.46. The predicted octanol–water partition coefficient (Wildman–Crippen LogP) is 5.95. The lowest BCUT2D eigenvalue weighted by Crippen LogP contribution is -2.17. The predicted molar refractivity (Wildman–Crippen MR) is 181 cm³/mol. The third-order valence-electron chi connectivity index (χ3n) is 6.98. The average Bonchev–Trinajstić information content (AvgIpc) is 3.65. The minimum absolute atomic E-state index is 0.0246. The normalized spacial score (nSPS) is 12.2. The lowest BCUT2D eigenvalue weighted by molar-refractivity contribution is 0.394. The molecule has 0 unspecified atom stereocenters. The lowest BCUT2D eigenvalue weighted by Gasteiger charge is -2.17. The van der Waals surface area contributed by atoms with Crippen molar-refractivity contribution in [1.29, 1.82) is 0 Å². The number of hydrogen-bond acceptors (Lipinski definition) is 10. The molecule has 46 heavy (non-hydrogen) atoms. The first kappa shape index (κ1) is 34.6. The maximum Gasteiger partial charge on any atom is 0.245 e. The number of aromatic nitrogens is 12. The highest BCUT2D eigenvalue weighted by molar-refractivity contribution is 6.33. The second-order valence-electron chi connectivity index (χ2n) is 14.4. The standard InChI is InChI=1S/C11H16N4O.C11H16N4.C10H13ClN4/c1-11(2,3)10-13-8-7(9(14-10)16-5)12-6-15(8)4;1-7-8-9(15(5)6-12-8)14-10(13-7)11(2,3)4;1-10(2,3)9-13-7(11)6-8(14-9)15(4)5-12-6/h6H,1-5H3;6H,1-5H3;5H,1-4H3. The first-order chi connectivity index (χ1) is 21.2. The molecule has 0 fully saturated rings. The number of nitrogens with zero attached hydrogens (tertiary/aromatic N) is 12. The van der Waals surface area contributed by atoms with E-state index in [0.29, 0.717) is 22.1 Å². The van der Waals surface area contributed by atoms with Crippen LogP contribution < -0.4 is 4.74 Å². The van der Waals surface area contributed by atoms with Gasteiger partial charge in [-0.05, 0) is 6.92 Å². The molecule has 0 amide bonds. The molecule has 6 aromatic heterocycles. The second-order valence-corrected chi connectivity index (χ2v) is 14.7. The maximum absolute atomic E-state index is 6.05. The molecule has 0 spiro atoms. The molecule has 0 saturated carbocycles. The molecule has 6 aromatic rings. The van der Waals surface area contributed by atoms with Crippen molar-refractivity contribution in [3.63, 3.8) is 0 Å². The van der Waals surface area contributed by atoms with Crippen molar-refractivity contribution < 1.29 is 4.74 Å². The summed E-state index contributed by atoms with van der Waals surface area (Å²) in [5, 5.41) is 0.422. The minimum atomic E-state index is -0.109. The first-order valence-electron chi connectivity index (χ1n) is 15.0. The summed E-state index contributed by atoms with van der Waals surface area (Å²) in [6.45, 7) is 20.7. The van der Waals surface area contributed by atoms with Gasteiger partial charge >= 0.3 is 0 Å². The Hall–Kier alpha value is -4.26. The molecular weight excluding hydrogens is 604 g/mol. The lowest BCUT2D eigenvalue weighted by atomic mass is 9.95. The van der Waals surface area contributed by atoms with Gasteiger partial charge in [-0.3, -0.25) is 0 Å². The molecule has 0 atom stereocenters. The van der Waals surface area contributed by atoms with E-state index in [1.807, 2.05) is 41.8 Å². The van der Waals surface area contributed by atoms with Gasteiger partial charge in [0.2, 0.25) is 5.88 Å². The van der Waals surface area contributed by atoms with E-state index >= 15 is 0 Å². The highest BCUT2D eigenvalue weighted by Crippen LogP contribution is 2.27. The summed E-state index contributed by atoms with van der Waals surface area (Å²) < 4.78 is 10.9. The van der Waals surface area contributed by atoms with Gasteiger partial charge in [0, 0.05) is 37.4 Å². The largest absolute Gasteiger partial charge is 0.479 e. The summed E-state index contributed by atoms with van der Waals surface area (Å²) in [7, 11) is 7.36. The number of fused-ring (bicyclic) bond motifs is 3. The topological polar surface area (TPSA) is 140 Å². The van der Waals surface area contributed by atoms with Gasteiger partial charge in [0.05, 0.1) is 31.8 Å². The first-order valence-corrected chi connectivity index (χ1v) is 15.3. The van der Waals surface area contributed by atoms with Crippen LogP contribution in [0.5, 0.6) is 5.88 Å². The number of ether oxygens (including phenoxy) is 1. The van der Waals surface area contributed by atoms with Gasteiger partial charge in [0.25, 0.3) is 0 Å². The van der Waals surface area contributed by atoms with Crippen molar-refractivity contribution in [2.45, 2.75) is 85.5 Å². The van der Waals surface area contributed by atoms with Gasteiger partial charge in [0.15, 0.2) is 27.6 Å². The number of rotatable bonds is 1. The molecular formula is C32H45ClN12O. The van der Waals surface area contributed by atoms with Crippen molar-refractivity contribution in [1.82, 2.24) is 58.6 Å². The van der Waals surface area contributed by atoms with E-state index in [1.165, 1.54) is 0 Å². The van der Waals surface area contributed by atoms with E-state index < -0.39 is 0 Å². The molecule has 0 aliphatic rings. The van der Waals surface area contributed by atoms with Crippen LogP contribution in [0.15, 0.2) is 19.0 Å². The molecule has 0 aromatic carbocycles. The van der Waals surface area contributed by atoms with Crippen LogP contribution >= 0.6 is 11.6 Å². The average molecular weight is 649 g/mol. The Morgan fingerprint density at radius 2 is 0.913 bits per heavy atom. The Morgan fingerprint density at radius 3 is 1.37 bits per heavy atom. The van der Waals surface area contributed by atoms with Crippen LogP contribution in [0.25, 0.3) is 33.5 Å². The van der Waals surface area contributed by atoms with Crippen molar-refractivity contribution in [3.8, 4) is 5.88 Å². The molecule has 0 radical (unpaired) electrons. The van der Waals surface area contributed by atoms with Gasteiger partial charge in [-0.15, -0.1) is 0 Å². The Kier molecular flexibility index (Phi) is 9.41. The summed E-state index contributed by atoms with van der Waals surface area (Å²) in [5.41, 5.74) is 5.46. The van der Waals surface area contributed by atoms with Crippen LogP contribution in [-0.2, 0) is 37.4 Å². The van der Waals surface area contributed by atoms with Gasteiger partial charge in [-0.1, -0.05) is 73.9 Å². The summed E-state index contributed by atoms with van der Waals surface area (Å²) in [6, 6.07) is 0. The molecule has 0 bridgehead atoms. The Balaban J connectivity index is 0.000000157. The van der Waals surface area contributed by atoms with Crippen molar-refractivity contribution >= 4 is 45.1 Å². The Morgan fingerprint density at radius 1 is 0.543 bits per heavy atom. The molecule has 0 aliphatic carbocycles. The molecule has 6 heterocycles. The van der Waals surface area contributed by atoms with Crippen molar-refractivity contribution in [3.05, 3.63) is 47.3 Å². The highest BCUT2D eigenvalue weighted by Gasteiger charge is 2.23. The van der Waals surface area contributed by atoms with E-state index in [2.05, 4.69) is 107 Å². The van der Waals surface area contributed by atoms with Crippen LogP contribution in [0.4, 0.5) is 0 Å². The maximum atomic E-state index is 6.05. The molecule has 13 nitrogen and oxygen atoms in total. The Bertz CT molecular complexity index is 1910. The van der Waals surface area contributed by atoms with E-state index in [4.69, 9.17) is 16.3 Å². The summed E-state index contributed by atoms with van der Waals surface area (Å²) in [6.07, 6.45) is 5.19. The monoisotopic (exact) mass is 648 g/mol. The van der Waals surface area contributed by atoms with Crippen LogP contribution in [0.1, 0.15) is 85.5 Å². The van der Waals surface area contributed by atoms with E-state index in [0.717, 1.165) is 45.6 Å². The molecule has 246 valence electrons. The SMILES string of the molecule is COc1nc(C(C)(C)C)nc2c1ncn2C.Cc1nc(C(C)(C)C)nc2c1ncn2C.Cn1cnc2c(Cl)nc(C(C)(C)C)nc21. The zero-order chi connectivity index (χ0) is 34.4. The van der Waals surface area contributed by atoms with Gasteiger partial charge < -0.3 is 18.4 Å². The third-order valence-corrected chi connectivity index (χ3v) is 7.25. The zero-order valence-corrected chi connectivity index (χ0v) is 30.1. The smallest absolute Gasteiger partial charge is 0.245 e. The molecule has 0 N–H and O–H groups in total. The van der Waals surface area contributed by atoms with Gasteiger partial charge in [-0.25, -0.2) is 39.9 Å². The van der Waals surface area contributed by atoms with Gasteiger partial charge in [-0.2, -0.15) is 4.98 Å². The van der Waals surface area contributed by atoms with E-state index in [9.17, 15) is 0 Å². The molecule has 14 heteroatoms. The third kappa shape index (κ3) is 7.24. The molecule has 0 saturated heterocycles. The number of aryl methyl sites for hydroxylation is 4. The summed E-state index contributed by atoms with van der Waals surface area (Å²) in [5.74, 6) is 2.91. The number of hydrogen-bond donors (Lipinski definition) is 0. The summed E-state index contributed by atoms with van der Waals surface area (Å²) in [4.78, 5) is 39.4. The van der Waals surface area contributed by atoms with E-state index in [1.54, 1.807) is 26.1 Å². The van der Waals surface area contributed by atoms with Crippen molar-refractivity contribution in [2.75, 3.05) is 7.11 Å². The van der Waals surface area contributed by atoms with Crippen LogP contribution in [0.3, 0.4) is 0 Å². The quantitative estimate of drug-likeness (QED) is 0.196. The molecule has 0 aliphatic heterocycles. The van der Waals surface area contributed by atoms with Crippen molar-refractivity contribution in [2.24, 2.45) is 21.1 Å². The fraction of sp³-hybridized carbons (Fsp3) is 0.531. The highest BCUT2D eigenvalue weighted by atomic mass is 35.5. The van der Waals surface area contributed by atoms with Crippen LogP contribution in [0, 0.1) is 6.92 Å². The van der Waals surface area contributed by atoms with Crippen LogP contribution in [-0.4, -0.2) is 65.7 Å². The number of imidazole rings is 3. The number of halogens is 1. The Labute approximate surface area is 274 Å². The van der Waals surface area contributed by atoms with E-state index in [-0.39, 0.29) is 16.2 Å². The van der Waals surface area contributed by atoms with Crippen LogP contribution in [0.2, 0.25) is 5.15 Å². The minimum Gasteiger partial charge on any atom is -0.479 e. The number of methoxy groups -OCH3 is 1. The fourth-order valence-electron chi connectivity index (χ4n) is 4.25. The second kappa shape index (κ2) is 12.5. The van der Waals surface area contributed by atoms with Gasteiger partial charge in [0.1, 0.15) is 28.5 Å². The molecule has 6 rings (SSSR count). The zero-order valence-electron chi connectivity index (χ0n) is 29.4.